The van der Waals surface area contributed by atoms with Gasteiger partial charge < -0.3 is 15.0 Å². The molecule has 0 fully saturated rings. The molecule has 0 saturated carbocycles. The van der Waals surface area contributed by atoms with Gasteiger partial charge in [-0.05, 0) is 45.0 Å². The van der Waals surface area contributed by atoms with Crippen LogP contribution in [0.2, 0.25) is 0 Å². The molecule has 1 atom stereocenters. The van der Waals surface area contributed by atoms with Gasteiger partial charge in [0.25, 0.3) is 5.91 Å². The van der Waals surface area contributed by atoms with E-state index in [9.17, 15) is 14.3 Å². The Balaban J connectivity index is 2.33. The van der Waals surface area contributed by atoms with Crippen LogP contribution in [0.15, 0.2) is 24.3 Å². The smallest absolute Gasteiger partial charge is 0.270 e. The van der Waals surface area contributed by atoms with E-state index in [2.05, 4.69) is 4.98 Å². The third-order valence-electron chi connectivity index (χ3n) is 3.16. The first-order valence-electron chi connectivity index (χ1n) is 6.66. The molecule has 1 aromatic carbocycles. The first-order chi connectivity index (χ1) is 9.38. The van der Waals surface area contributed by atoms with Crippen molar-refractivity contribution in [1.82, 2.24) is 9.88 Å². The van der Waals surface area contributed by atoms with E-state index >= 15 is 0 Å². The number of hydrogen-bond donors (Lipinski definition) is 2. The van der Waals surface area contributed by atoms with E-state index in [0.717, 1.165) is 5.52 Å². The topological polar surface area (TPSA) is 56.3 Å². The number of fused-ring (bicyclic) bond motifs is 1. The summed E-state index contributed by atoms with van der Waals surface area (Å²) in [7, 11) is 0. The SMILES string of the molecule is CC(O)CN(C(=O)c1cc2cc(F)ccc2[nH]1)C(C)C. The number of benzene rings is 1. The van der Waals surface area contributed by atoms with Gasteiger partial charge in [0.15, 0.2) is 0 Å². The minimum atomic E-state index is -0.594. The number of nitrogens with one attached hydrogen (secondary N) is 1. The summed E-state index contributed by atoms with van der Waals surface area (Å²) >= 11 is 0. The van der Waals surface area contributed by atoms with Crippen molar-refractivity contribution in [3.63, 3.8) is 0 Å². The number of aliphatic hydroxyl groups is 1. The molecule has 1 aromatic heterocycles. The van der Waals surface area contributed by atoms with Crippen molar-refractivity contribution in [2.45, 2.75) is 32.9 Å². The van der Waals surface area contributed by atoms with Gasteiger partial charge in [0, 0.05) is 23.5 Å². The zero-order valence-corrected chi connectivity index (χ0v) is 11.9. The van der Waals surface area contributed by atoms with Crippen LogP contribution in [0, 0.1) is 5.82 Å². The molecule has 20 heavy (non-hydrogen) atoms. The second-order valence-corrected chi connectivity index (χ2v) is 5.31. The Morgan fingerprint density at radius 2 is 2.05 bits per heavy atom. The van der Waals surface area contributed by atoms with Crippen LogP contribution in [0.25, 0.3) is 10.9 Å². The molecular formula is C15H19FN2O2. The Bertz CT molecular complexity index is 619. The molecule has 1 amide bonds. The van der Waals surface area contributed by atoms with Gasteiger partial charge >= 0.3 is 0 Å². The lowest BCUT2D eigenvalue weighted by atomic mass is 10.2. The Hall–Kier alpha value is -1.88. The number of amides is 1. The molecule has 0 bridgehead atoms. The summed E-state index contributed by atoms with van der Waals surface area (Å²) in [6.45, 7) is 5.69. The Morgan fingerprint density at radius 3 is 2.65 bits per heavy atom. The van der Waals surface area contributed by atoms with E-state index in [1.165, 1.54) is 12.1 Å². The van der Waals surface area contributed by atoms with E-state index in [1.54, 1.807) is 24.0 Å². The fraction of sp³-hybridized carbons (Fsp3) is 0.400. The van der Waals surface area contributed by atoms with Crippen molar-refractivity contribution < 1.29 is 14.3 Å². The van der Waals surface area contributed by atoms with Crippen LogP contribution < -0.4 is 0 Å². The van der Waals surface area contributed by atoms with Crippen LogP contribution in [-0.4, -0.2) is 39.6 Å². The first-order valence-corrected chi connectivity index (χ1v) is 6.66. The third-order valence-corrected chi connectivity index (χ3v) is 3.16. The normalized spacial score (nSPS) is 12.9. The molecular weight excluding hydrogens is 259 g/mol. The Kier molecular flexibility index (Phi) is 4.09. The van der Waals surface area contributed by atoms with Crippen LogP contribution in [0.4, 0.5) is 4.39 Å². The number of carbonyl (C=O) groups is 1. The number of carbonyl (C=O) groups excluding carboxylic acids is 1. The van der Waals surface area contributed by atoms with E-state index in [0.29, 0.717) is 11.1 Å². The van der Waals surface area contributed by atoms with E-state index in [-0.39, 0.29) is 24.3 Å². The standard InChI is InChI=1S/C15H19FN2O2/c1-9(2)18(8-10(3)19)15(20)14-7-11-6-12(16)4-5-13(11)17-14/h4-7,9-10,17,19H,8H2,1-3H3. The first kappa shape index (κ1) is 14.5. The molecule has 0 radical (unpaired) electrons. The maximum atomic E-state index is 13.2. The second kappa shape index (κ2) is 5.63. The molecule has 5 heteroatoms. The molecule has 0 aliphatic rings. The monoisotopic (exact) mass is 278 g/mol. The van der Waals surface area contributed by atoms with Crippen LogP contribution in [0.3, 0.4) is 0 Å². The van der Waals surface area contributed by atoms with Gasteiger partial charge in [-0.2, -0.15) is 0 Å². The molecule has 0 saturated heterocycles. The van der Waals surface area contributed by atoms with E-state index in [4.69, 9.17) is 0 Å². The summed E-state index contributed by atoms with van der Waals surface area (Å²) in [5.74, 6) is -0.530. The maximum Gasteiger partial charge on any atom is 0.270 e. The number of rotatable bonds is 4. The average molecular weight is 278 g/mol. The lowest BCUT2D eigenvalue weighted by molar-refractivity contribution is 0.0574. The Labute approximate surface area is 117 Å². The van der Waals surface area contributed by atoms with Crippen molar-refractivity contribution >= 4 is 16.8 Å². The highest BCUT2D eigenvalue weighted by Crippen LogP contribution is 2.18. The third kappa shape index (κ3) is 2.99. The van der Waals surface area contributed by atoms with E-state index < -0.39 is 6.10 Å². The van der Waals surface area contributed by atoms with E-state index in [1.807, 2.05) is 13.8 Å². The Morgan fingerprint density at radius 1 is 1.35 bits per heavy atom. The molecule has 4 nitrogen and oxygen atoms in total. The number of hydrogen-bond acceptors (Lipinski definition) is 2. The maximum absolute atomic E-state index is 13.2. The van der Waals surface area contributed by atoms with Gasteiger partial charge in [-0.1, -0.05) is 0 Å². The van der Waals surface area contributed by atoms with Crippen LogP contribution in [0.1, 0.15) is 31.3 Å². The number of H-pyrrole nitrogens is 1. The fourth-order valence-corrected chi connectivity index (χ4v) is 2.19. The number of aromatic amines is 1. The molecule has 2 N–H and O–H groups in total. The quantitative estimate of drug-likeness (QED) is 0.903. The number of aliphatic hydroxyl groups excluding tert-OH is 1. The molecule has 0 spiro atoms. The van der Waals surface area contributed by atoms with Gasteiger partial charge in [0.2, 0.25) is 0 Å². The van der Waals surface area contributed by atoms with Crippen molar-refractivity contribution in [3.05, 3.63) is 35.8 Å². The number of halogens is 1. The molecule has 0 aliphatic heterocycles. The minimum Gasteiger partial charge on any atom is -0.392 e. The minimum absolute atomic E-state index is 0.0275. The largest absolute Gasteiger partial charge is 0.392 e. The zero-order chi connectivity index (χ0) is 14.9. The summed E-state index contributed by atoms with van der Waals surface area (Å²) in [5, 5.41) is 10.2. The van der Waals surface area contributed by atoms with Crippen LogP contribution in [0.5, 0.6) is 0 Å². The predicted molar refractivity (Wildman–Crippen MR) is 76.1 cm³/mol. The summed E-state index contributed by atoms with van der Waals surface area (Å²) in [6.07, 6.45) is -0.594. The highest BCUT2D eigenvalue weighted by molar-refractivity contribution is 5.98. The van der Waals surface area contributed by atoms with Crippen molar-refractivity contribution in [3.8, 4) is 0 Å². The van der Waals surface area contributed by atoms with Crippen LogP contribution >= 0.6 is 0 Å². The summed E-state index contributed by atoms with van der Waals surface area (Å²) in [4.78, 5) is 17.0. The molecule has 0 aliphatic carbocycles. The number of aromatic nitrogens is 1. The number of nitrogens with zero attached hydrogens (tertiary/aromatic N) is 1. The highest BCUT2D eigenvalue weighted by atomic mass is 19.1. The lowest BCUT2D eigenvalue weighted by Crippen LogP contribution is -2.41. The molecule has 2 rings (SSSR count). The summed E-state index contributed by atoms with van der Waals surface area (Å²) in [6, 6.07) is 5.95. The fourth-order valence-electron chi connectivity index (χ4n) is 2.19. The molecule has 108 valence electrons. The van der Waals surface area contributed by atoms with Crippen molar-refractivity contribution in [2.75, 3.05) is 6.54 Å². The molecule has 1 heterocycles. The molecule has 2 aromatic rings. The average Bonchev–Trinajstić information content (AvgIpc) is 2.77. The lowest BCUT2D eigenvalue weighted by Gasteiger charge is -2.27. The second-order valence-electron chi connectivity index (χ2n) is 5.31. The van der Waals surface area contributed by atoms with Crippen molar-refractivity contribution in [2.24, 2.45) is 0 Å². The van der Waals surface area contributed by atoms with Gasteiger partial charge in [-0.25, -0.2) is 4.39 Å². The highest BCUT2D eigenvalue weighted by Gasteiger charge is 2.21. The molecule has 1 unspecified atom stereocenters. The predicted octanol–water partition coefficient (Wildman–Crippen LogP) is 2.54. The summed E-state index contributed by atoms with van der Waals surface area (Å²) < 4.78 is 13.2. The van der Waals surface area contributed by atoms with Gasteiger partial charge in [0.05, 0.1) is 6.10 Å². The van der Waals surface area contributed by atoms with Gasteiger partial charge in [-0.3, -0.25) is 4.79 Å². The zero-order valence-electron chi connectivity index (χ0n) is 11.9. The van der Waals surface area contributed by atoms with Crippen LogP contribution in [-0.2, 0) is 0 Å². The summed E-state index contributed by atoms with van der Waals surface area (Å²) in [5.41, 5.74) is 1.12. The van der Waals surface area contributed by atoms with Gasteiger partial charge in [-0.15, -0.1) is 0 Å². The van der Waals surface area contributed by atoms with Crippen molar-refractivity contribution in [1.29, 1.82) is 0 Å². The van der Waals surface area contributed by atoms with Gasteiger partial charge in [0.1, 0.15) is 11.5 Å².